The van der Waals surface area contributed by atoms with Crippen LogP contribution in [0.5, 0.6) is 0 Å². The van der Waals surface area contributed by atoms with Gasteiger partial charge in [-0.3, -0.25) is 10.1 Å². The van der Waals surface area contributed by atoms with Crippen molar-refractivity contribution in [2.75, 3.05) is 0 Å². The molecule has 3 aromatic rings. The monoisotopic (exact) mass is 289 g/mol. The fraction of sp³-hybridized carbons (Fsp3) is 0.0526. The standard InChI is InChI=1S/C19H15NO2/c21-20(22)19-12-10-18(11-13-19)17-8-6-16(7-9-17)14-15-4-2-1-3-5-15/h1-13H,14H2. The van der Waals surface area contributed by atoms with Crippen molar-refractivity contribution in [3.05, 3.63) is 100 Å². The number of nitro groups is 1. The Labute approximate surface area is 129 Å². The average molecular weight is 289 g/mol. The van der Waals surface area contributed by atoms with Gasteiger partial charge in [0.05, 0.1) is 4.92 Å². The van der Waals surface area contributed by atoms with Crippen molar-refractivity contribution in [2.24, 2.45) is 0 Å². The highest BCUT2D eigenvalue weighted by Gasteiger charge is 2.05. The maximum atomic E-state index is 10.7. The summed E-state index contributed by atoms with van der Waals surface area (Å²) in [5, 5.41) is 10.7. The molecule has 0 N–H and O–H groups in total. The van der Waals surface area contributed by atoms with Gasteiger partial charge in [-0.25, -0.2) is 0 Å². The van der Waals surface area contributed by atoms with Crippen LogP contribution in [0.3, 0.4) is 0 Å². The van der Waals surface area contributed by atoms with E-state index in [2.05, 4.69) is 36.4 Å². The Hall–Kier alpha value is -2.94. The number of benzene rings is 3. The molecule has 0 saturated carbocycles. The molecule has 0 radical (unpaired) electrons. The zero-order chi connectivity index (χ0) is 15.4. The molecule has 0 unspecified atom stereocenters. The van der Waals surface area contributed by atoms with Crippen LogP contribution in [-0.4, -0.2) is 4.92 Å². The summed E-state index contributed by atoms with van der Waals surface area (Å²) in [6.07, 6.45) is 0.904. The van der Waals surface area contributed by atoms with E-state index in [1.54, 1.807) is 12.1 Å². The Morgan fingerprint density at radius 1 is 0.682 bits per heavy atom. The minimum absolute atomic E-state index is 0.115. The van der Waals surface area contributed by atoms with Gasteiger partial charge < -0.3 is 0 Å². The first kappa shape index (κ1) is 14.0. The van der Waals surface area contributed by atoms with Crippen LogP contribution in [0.15, 0.2) is 78.9 Å². The maximum Gasteiger partial charge on any atom is 0.269 e. The molecular weight excluding hydrogens is 274 g/mol. The maximum absolute atomic E-state index is 10.7. The first-order valence-corrected chi connectivity index (χ1v) is 7.10. The second-order valence-corrected chi connectivity index (χ2v) is 5.16. The third-order valence-electron chi connectivity index (χ3n) is 3.62. The minimum Gasteiger partial charge on any atom is -0.258 e. The third-order valence-corrected chi connectivity index (χ3v) is 3.62. The molecule has 0 bridgehead atoms. The largest absolute Gasteiger partial charge is 0.269 e. The lowest BCUT2D eigenvalue weighted by Crippen LogP contribution is -1.89. The van der Waals surface area contributed by atoms with Gasteiger partial charge in [0.15, 0.2) is 0 Å². The predicted molar refractivity (Wildman–Crippen MR) is 87.8 cm³/mol. The van der Waals surface area contributed by atoms with E-state index in [-0.39, 0.29) is 10.6 Å². The Morgan fingerprint density at radius 3 is 1.73 bits per heavy atom. The van der Waals surface area contributed by atoms with Crippen LogP contribution in [0.25, 0.3) is 11.1 Å². The van der Waals surface area contributed by atoms with Crippen molar-refractivity contribution in [1.82, 2.24) is 0 Å². The van der Waals surface area contributed by atoms with Crippen molar-refractivity contribution in [3.8, 4) is 11.1 Å². The molecule has 0 spiro atoms. The molecule has 108 valence electrons. The zero-order valence-electron chi connectivity index (χ0n) is 12.0. The van der Waals surface area contributed by atoms with Crippen molar-refractivity contribution in [3.63, 3.8) is 0 Å². The molecule has 0 saturated heterocycles. The minimum atomic E-state index is -0.382. The SMILES string of the molecule is O=[N+]([O-])c1ccc(-c2ccc(Cc3ccccc3)cc2)cc1. The zero-order valence-corrected chi connectivity index (χ0v) is 12.0. The second kappa shape index (κ2) is 6.22. The van der Waals surface area contributed by atoms with Gasteiger partial charge in [-0.2, -0.15) is 0 Å². The summed E-state index contributed by atoms with van der Waals surface area (Å²) in [7, 11) is 0. The fourth-order valence-electron chi connectivity index (χ4n) is 2.42. The van der Waals surface area contributed by atoms with Gasteiger partial charge in [0, 0.05) is 12.1 Å². The topological polar surface area (TPSA) is 43.1 Å². The molecule has 0 heterocycles. The van der Waals surface area contributed by atoms with Crippen LogP contribution >= 0.6 is 0 Å². The molecule has 3 heteroatoms. The van der Waals surface area contributed by atoms with Crippen LogP contribution in [0, 0.1) is 10.1 Å². The van der Waals surface area contributed by atoms with Crippen LogP contribution in [0.4, 0.5) is 5.69 Å². The molecule has 22 heavy (non-hydrogen) atoms. The number of non-ortho nitro benzene ring substituents is 1. The quantitative estimate of drug-likeness (QED) is 0.509. The molecular formula is C19H15NO2. The van der Waals surface area contributed by atoms with E-state index in [1.165, 1.54) is 23.3 Å². The molecule has 0 fully saturated rings. The summed E-state index contributed by atoms with van der Waals surface area (Å²) in [4.78, 5) is 10.3. The highest BCUT2D eigenvalue weighted by Crippen LogP contribution is 2.23. The van der Waals surface area contributed by atoms with E-state index in [1.807, 2.05) is 18.2 Å². The summed E-state index contributed by atoms with van der Waals surface area (Å²) in [6, 6.07) is 25.3. The van der Waals surface area contributed by atoms with Crippen molar-refractivity contribution in [2.45, 2.75) is 6.42 Å². The molecule has 0 atom stereocenters. The van der Waals surface area contributed by atoms with E-state index < -0.39 is 0 Å². The summed E-state index contributed by atoms with van der Waals surface area (Å²) in [6.45, 7) is 0. The molecule has 3 rings (SSSR count). The van der Waals surface area contributed by atoms with Crippen molar-refractivity contribution < 1.29 is 4.92 Å². The number of nitro benzene ring substituents is 1. The highest BCUT2D eigenvalue weighted by molar-refractivity contribution is 5.65. The average Bonchev–Trinajstić information content (AvgIpc) is 2.57. The van der Waals surface area contributed by atoms with Gasteiger partial charge in [0.1, 0.15) is 0 Å². The van der Waals surface area contributed by atoms with Crippen molar-refractivity contribution >= 4 is 5.69 Å². The summed E-state index contributed by atoms with van der Waals surface area (Å²) >= 11 is 0. The molecule has 0 aliphatic rings. The Bertz CT molecular complexity index is 763. The first-order chi connectivity index (χ1) is 10.7. The second-order valence-electron chi connectivity index (χ2n) is 5.16. The number of hydrogen-bond donors (Lipinski definition) is 0. The van der Waals surface area contributed by atoms with E-state index in [0.29, 0.717) is 0 Å². The smallest absolute Gasteiger partial charge is 0.258 e. The van der Waals surface area contributed by atoms with Gasteiger partial charge in [0.25, 0.3) is 5.69 Å². The van der Waals surface area contributed by atoms with Gasteiger partial charge in [-0.1, -0.05) is 54.6 Å². The lowest BCUT2D eigenvalue weighted by Gasteiger charge is -2.05. The van der Waals surface area contributed by atoms with Gasteiger partial charge in [-0.15, -0.1) is 0 Å². The number of rotatable bonds is 4. The molecule has 0 aliphatic heterocycles. The van der Waals surface area contributed by atoms with E-state index >= 15 is 0 Å². The molecule has 3 aromatic carbocycles. The lowest BCUT2D eigenvalue weighted by molar-refractivity contribution is -0.384. The van der Waals surface area contributed by atoms with Gasteiger partial charge in [-0.05, 0) is 40.8 Å². The fourth-order valence-corrected chi connectivity index (χ4v) is 2.42. The third kappa shape index (κ3) is 3.20. The highest BCUT2D eigenvalue weighted by atomic mass is 16.6. The van der Waals surface area contributed by atoms with Crippen LogP contribution < -0.4 is 0 Å². The van der Waals surface area contributed by atoms with E-state index in [4.69, 9.17) is 0 Å². The lowest BCUT2D eigenvalue weighted by atomic mass is 10.0. The Balaban J connectivity index is 1.77. The van der Waals surface area contributed by atoms with Crippen LogP contribution in [-0.2, 0) is 6.42 Å². The van der Waals surface area contributed by atoms with E-state index in [0.717, 1.165) is 17.5 Å². The Morgan fingerprint density at radius 2 is 1.18 bits per heavy atom. The molecule has 0 aromatic heterocycles. The summed E-state index contributed by atoms with van der Waals surface area (Å²) in [5.41, 5.74) is 4.69. The van der Waals surface area contributed by atoms with Crippen LogP contribution in [0.1, 0.15) is 11.1 Å². The summed E-state index contributed by atoms with van der Waals surface area (Å²) in [5.74, 6) is 0. The first-order valence-electron chi connectivity index (χ1n) is 7.10. The predicted octanol–water partition coefficient (Wildman–Crippen LogP) is 4.85. The molecule has 3 nitrogen and oxygen atoms in total. The van der Waals surface area contributed by atoms with Gasteiger partial charge >= 0.3 is 0 Å². The number of hydrogen-bond acceptors (Lipinski definition) is 2. The normalized spacial score (nSPS) is 10.4. The van der Waals surface area contributed by atoms with Gasteiger partial charge in [0.2, 0.25) is 0 Å². The van der Waals surface area contributed by atoms with Crippen molar-refractivity contribution in [1.29, 1.82) is 0 Å². The summed E-state index contributed by atoms with van der Waals surface area (Å²) < 4.78 is 0. The molecule has 0 aliphatic carbocycles. The molecule has 0 amide bonds. The number of nitrogens with zero attached hydrogens (tertiary/aromatic N) is 1. The van der Waals surface area contributed by atoms with Crippen LogP contribution in [0.2, 0.25) is 0 Å². The van der Waals surface area contributed by atoms with E-state index in [9.17, 15) is 10.1 Å². The Kier molecular flexibility index (Phi) is 3.97.